The number of hydrogen-bond acceptors (Lipinski definition) is 6. The summed E-state index contributed by atoms with van der Waals surface area (Å²) in [7, 11) is 0. The molecular formula is C10H15N3O3S2. The van der Waals surface area contributed by atoms with Gasteiger partial charge in [-0.15, -0.1) is 11.3 Å². The van der Waals surface area contributed by atoms with Crippen LogP contribution in [-0.2, 0) is 16.0 Å². The summed E-state index contributed by atoms with van der Waals surface area (Å²) in [4.78, 5) is 26.5. The minimum atomic E-state index is -1.02. The zero-order chi connectivity index (χ0) is 13.5. The molecule has 1 atom stereocenters. The fourth-order valence-corrected chi connectivity index (χ4v) is 2.34. The van der Waals surface area contributed by atoms with Crippen LogP contribution in [-0.4, -0.2) is 40.0 Å². The first-order valence-electron chi connectivity index (χ1n) is 5.24. The molecule has 0 aliphatic carbocycles. The molecule has 8 heteroatoms. The number of carboxylic acids is 1. The van der Waals surface area contributed by atoms with E-state index < -0.39 is 12.0 Å². The molecule has 4 N–H and O–H groups in total. The van der Waals surface area contributed by atoms with E-state index in [0.29, 0.717) is 23.0 Å². The van der Waals surface area contributed by atoms with E-state index in [1.807, 2.05) is 6.26 Å². The van der Waals surface area contributed by atoms with E-state index in [4.69, 9.17) is 10.8 Å². The third-order valence-corrected chi connectivity index (χ3v) is 3.52. The molecule has 1 heterocycles. The van der Waals surface area contributed by atoms with Crippen LogP contribution >= 0.6 is 23.1 Å². The van der Waals surface area contributed by atoms with Crippen LogP contribution in [0, 0.1) is 0 Å². The maximum absolute atomic E-state index is 11.6. The van der Waals surface area contributed by atoms with Crippen LogP contribution in [0.1, 0.15) is 12.1 Å². The molecule has 0 radical (unpaired) electrons. The minimum absolute atomic E-state index is 0.0523. The zero-order valence-corrected chi connectivity index (χ0v) is 11.5. The number of thiazole rings is 1. The lowest BCUT2D eigenvalue weighted by molar-refractivity contribution is -0.141. The second kappa shape index (κ2) is 7.22. The second-order valence-electron chi connectivity index (χ2n) is 3.59. The molecule has 1 amide bonds. The first-order chi connectivity index (χ1) is 8.52. The first kappa shape index (κ1) is 14.8. The predicted molar refractivity (Wildman–Crippen MR) is 72.8 cm³/mol. The lowest BCUT2D eigenvalue weighted by Crippen LogP contribution is -2.41. The number of anilines is 1. The molecule has 0 aliphatic rings. The van der Waals surface area contributed by atoms with E-state index in [-0.39, 0.29) is 12.3 Å². The van der Waals surface area contributed by atoms with Crippen molar-refractivity contribution in [2.24, 2.45) is 0 Å². The molecule has 18 heavy (non-hydrogen) atoms. The SMILES string of the molecule is CSCCC(NC(=O)Cc1csc(N)n1)C(=O)O. The Labute approximate surface area is 113 Å². The standard InChI is InChI=1S/C10H15N3O3S2/c1-17-3-2-7(9(15)16)13-8(14)4-6-5-18-10(11)12-6/h5,7H,2-4H2,1H3,(H2,11,12)(H,13,14)(H,15,16). The quantitative estimate of drug-likeness (QED) is 0.678. The predicted octanol–water partition coefficient (Wildman–Crippen LogP) is 0.590. The molecule has 0 fully saturated rings. The monoisotopic (exact) mass is 289 g/mol. The summed E-state index contributed by atoms with van der Waals surface area (Å²) in [6.45, 7) is 0. The van der Waals surface area contributed by atoms with Crippen LogP contribution in [0.15, 0.2) is 5.38 Å². The number of aromatic nitrogens is 1. The number of carbonyl (C=O) groups is 2. The van der Waals surface area contributed by atoms with Gasteiger partial charge in [-0.25, -0.2) is 9.78 Å². The van der Waals surface area contributed by atoms with Crippen LogP contribution in [0.3, 0.4) is 0 Å². The van der Waals surface area contributed by atoms with Gasteiger partial charge in [-0.2, -0.15) is 11.8 Å². The number of amides is 1. The Morgan fingerprint density at radius 3 is 2.89 bits per heavy atom. The number of thioether (sulfide) groups is 1. The zero-order valence-electron chi connectivity index (χ0n) is 9.88. The van der Waals surface area contributed by atoms with E-state index in [9.17, 15) is 9.59 Å². The van der Waals surface area contributed by atoms with Gasteiger partial charge in [-0.05, 0) is 18.4 Å². The van der Waals surface area contributed by atoms with Gasteiger partial charge in [0.25, 0.3) is 0 Å². The van der Waals surface area contributed by atoms with Crippen molar-refractivity contribution in [1.29, 1.82) is 0 Å². The average molecular weight is 289 g/mol. The summed E-state index contributed by atoms with van der Waals surface area (Å²) in [5, 5.41) is 13.5. The fourth-order valence-electron chi connectivity index (χ4n) is 1.31. The van der Waals surface area contributed by atoms with E-state index in [1.54, 1.807) is 5.38 Å². The average Bonchev–Trinajstić information content (AvgIpc) is 2.69. The van der Waals surface area contributed by atoms with Gasteiger partial charge < -0.3 is 16.2 Å². The Morgan fingerprint density at radius 1 is 1.67 bits per heavy atom. The molecule has 0 saturated heterocycles. The number of hydrogen-bond donors (Lipinski definition) is 3. The van der Waals surface area contributed by atoms with Crippen LogP contribution in [0.2, 0.25) is 0 Å². The van der Waals surface area contributed by atoms with E-state index >= 15 is 0 Å². The number of nitrogens with two attached hydrogens (primary N) is 1. The van der Waals surface area contributed by atoms with Crippen molar-refractivity contribution in [2.75, 3.05) is 17.7 Å². The maximum Gasteiger partial charge on any atom is 0.326 e. The van der Waals surface area contributed by atoms with Crippen LogP contribution in [0.4, 0.5) is 5.13 Å². The molecule has 0 aliphatic heterocycles. The van der Waals surface area contributed by atoms with Crippen molar-refractivity contribution in [2.45, 2.75) is 18.9 Å². The summed E-state index contributed by atoms with van der Waals surface area (Å²) in [6.07, 6.45) is 2.34. The maximum atomic E-state index is 11.6. The number of carbonyl (C=O) groups excluding carboxylic acids is 1. The molecule has 1 aromatic heterocycles. The lowest BCUT2D eigenvalue weighted by atomic mass is 10.2. The van der Waals surface area contributed by atoms with Gasteiger partial charge in [0.05, 0.1) is 12.1 Å². The van der Waals surface area contributed by atoms with Crippen LogP contribution < -0.4 is 11.1 Å². The summed E-state index contributed by atoms with van der Waals surface area (Å²) in [6, 6.07) is -0.846. The number of nitrogens with one attached hydrogen (secondary N) is 1. The Morgan fingerprint density at radius 2 is 2.39 bits per heavy atom. The smallest absolute Gasteiger partial charge is 0.326 e. The van der Waals surface area contributed by atoms with Gasteiger partial charge in [0, 0.05) is 5.38 Å². The van der Waals surface area contributed by atoms with Crippen LogP contribution in [0.25, 0.3) is 0 Å². The molecule has 1 rings (SSSR count). The Bertz CT molecular complexity index is 422. The topological polar surface area (TPSA) is 105 Å². The normalized spacial score (nSPS) is 12.1. The van der Waals surface area contributed by atoms with Crippen molar-refractivity contribution in [3.63, 3.8) is 0 Å². The molecule has 0 saturated carbocycles. The highest BCUT2D eigenvalue weighted by Gasteiger charge is 2.19. The lowest BCUT2D eigenvalue weighted by Gasteiger charge is -2.13. The van der Waals surface area contributed by atoms with Crippen molar-refractivity contribution in [3.05, 3.63) is 11.1 Å². The highest BCUT2D eigenvalue weighted by atomic mass is 32.2. The molecule has 0 aromatic carbocycles. The summed E-state index contributed by atoms with van der Waals surface area (Å²) in [5.41, 5.74) is 6.01. The van der Waals surface area contributed by atoms with Gasteiger partial charge in [0.2, 0.25) is 5.91 Å². The molecular weight excluding hydrogens is 274 g/mol. The van der Waals surface area contributed by atoms with E-state index in [1.165, 1.54) is 23.1 Å². The molecule has 100 valence electrons. The van der Waals surface area contributed by atoms with E-state index in [0.717, 1.165) is 0 Å². The highest BCUT2D eigenvalue weighted by molar-refractivity contribution is 7.98. The number of nitrogens with zero attached hydrogens (tertiary/aromatic N) is 1. The molecule has 1 unspecified atom stereocenters. The Hall–Kier alpha value is -1.28. The summed E-state index contributed by atoms with van der Waals surface area (Å²) in [5.74, 6) is -0.690. The third-order valence-electron chi connectivity index (χ3n) is 2.16. The third kappa shape index (κ3) is 4.92. The van der Waals surface area contributed by atoms with Gasteiger partial charge in [-0.1, -0.05) is 0 Å². The Balaban J connectivity index is 2.48. The van der Waals surface area contributed by atoms with E-state index in [2.05, 4.69) is 10.3 Å². The van der Waals surface area contributed by atoms with Gasteiger partial charge >= 0.3 is 5.97 Å². The molecule has 0 spiro atoms. The van der Waals surface area contributed by atoms with Crippen molar-refractivity contribution in [1.82, 2.24) is 10.3 Å². The van der Waals surface area contributed by atoms with Gasteiger partial charge in [0.15, 0.2) is 5.13 Å². The Kier molecular flexibility index (Phi) is 5.93. The van der Waals surface area contributed by atoms with Crippen molar-refractivity contribution >= 4 is 40.1 Å². The number of nitrogen functional groups attached to an aromatic ring is 1. The first-order valence-corrected chi connectivity index (χ1v) is 7.51. The summed E-state index contributed by atoms with van der Waals surface area (Å²) < 4.78 is 0. The highest BCUT2D eigenvalue weighted by Crippen LogP contribution is 2.11. The molecule has 6 nitrogen and oxygen atoms in total. The van der Waals surface area contributed by atoms with Gasteiger partial charge in [0.1, 0.15) is 6.04 Å². The number of aliphatic carboxylic acids is 1. The van der Waals surface area contributed by atoms with Crippen molar-refractivity contribution in [3.8, 4) is 0 Å². The molecule has 0 bridgehead atoms. The fraction of sp³-hybridized carbons (Fsp3) is 0.500. The second-order valence-corrected chi connectivity index (χ2v) is 5.47. The largest absolute Gasteiger partial charge is 0.480 e. The molecule has 1 aromatic rings. The number of carboxylic acid groups (broad SMARTS) is 1. The van der Waals surface area contributed by atoms with Crippen LogP contribution in [0.5, 0.6) is 0 Å². The number of rotatable bonds is 7. The van der Waals surface area contributed by atoms with Crippen molar-refractivity contribution < 1.29 is 14.7 Å². The summed E-state index contributed by atoms with van der Waals surface area (Å²) >= 11 is 2.79. The van der Waals surface area contributed by atoms with Gasteiger partial charge in [-0.3, -0.25) is 4.79 Å². The minimum Gasteiger partial charge on any atom is -0.480 e.